The lowest BCUT2D eigenvalue weighted by Crippen LogP contribution is -2.00. The Hall–Kier alpha value is -1.81. The lowest BCUT2D eigenvalue weighted by Gasteiger charge is -2.11. The zero-order valence-corrected chi connectivity index (χ0v) is 17.3. The third-order valence-electron chi connectivity index (χ3n) is 4.58. The van der Waals surface area contributed by atoms with Crippen LogP contribution in [-0.2, 0) is 0 Å². The van der Waals surface area contributed by atoms with Crippen molar-refractivity contribution in [3.63, 3.8) is 0 Å². The van der Waals surface area contributed by atoms with Gasteiger partial charge in [-0.25, -0.2) is 4.68 Å². The maximum absolute atomic E-state index is 6.22. The quantitative estimate of drug-likeness (QED) is 0.314. The van der Waals surface area contributed by atoms with E-state index >= 15 is 0 Å². The second-order valence-electron chi connectivity index (χ2n) is 6.20. The number of benzene rings is 3. The van der Waals surface area contributed by atoms with E-state index in [2.05, 4.69) is 47.1 Å². The van der Waals surface area contributed by atoms with Crippen molar-refractivity contribution in [2.75, 3.05) is 0 Å². The first-order valence-electron chi connectivity index (χ1n) is 8.16. The van der Waals surface area contributed by atoms with E-state index in [1.165, 1.54) is 0 Å². The summed E-state index contributed by atoms with van der Waals surface area (Å²) in [5, 5.41) is 8.22. The van der Waals surface area contributed by atoms with Gasteiger partial charge in [0.05, 0.1) is 21.4 Å². The van der Waals surface area contributed by atoms with Gasteiger partial charge in [0.1, 0.15) is 0 Å². The third-order valence-corrected chi connectivity index (χ3v) is 6.01. The second-order valence-corrected chi connectivity index (χ2v) is 7.87. The highest BCUT2D eigenvalue weighted by atomic mass is 79.9. The molecular formula is C21H15BrCl2N2. The highest BCUT2D eigenvalue weighted by Crippen LogP contribution is 2.35. The van der Waals surface area contributed by atoms with E-state index in [4.69, 9.17) is 28.3 Å². The van der Waals surface area contributed by atoms with Crippen molar-refractivity contribution in [2.45, 2.75) is 13.8 Å². The summed E-state index contributed by atoms with van der Waals surface area (Å²) >= 11 is 15.9. The normalized spacial score (nSPS) is 11.3. The zero-order valence-electron chi connectivity index (χ0n) is 14.2. The SMILES string of the molecule is Cc1nn(-c2ccc(Br)c3ccccc23)c(C)c1-c1ccc(Cl)c(Cl)c1. The van der Waals surface area contributed by atoms with Crippen LogP contribution in [0.2, 0.25) is 10.0 Å². The molecule has 0 fully saturated rings. The van der Waals surface area contributed by atoms with E-state index in [1.807, 2.05) is 41.9 Å². The average Bonchev–Trinajstić information content (AvgIpc) is 2.92. The van der Waals surface area contributed by atoms with Gasteiger partial charge in [-0.1, -0.05) is 69.5 Å². The van der Waals surface area contributed by atoms with Crippen LogP contribution < -0.4 is 0 Å². The number of rotatable bonds is 2. The summed E-state index contributed by atoms with van der Waals surface area (Å²) in [6.07, 6.45) is 0. The van der Waals surface area contributed by atoms with E-state index in [1.54, 1.807) is 0 Å². The third kappa shape index (κ3) is 2.84. The van der Waals surface area contributed by atoms with Crippen molar-refractivity contribution in [3.8, 4) is 16.8 Å². The first kappa shape index (κ1) is 17.6. The molecule has 5 heteroatoms. The first-order valence-corrected chi connectivity index (χ1v) is 9.71. The van der Waals surface area contributed by atoms with Crippen molar-refractivity contribution in [3.05, 3.63) is 80.5 Å². The van der Waals surface area contributed by atoms with Crippen molar-refractivity contribution >= 4 is 49.9 Å². The molecule has 0 spiro atoms. The standard InChI is InChI=1S/C21H15BrCl2N2/c1-12-21(14-7-9-18(23)19(24)11-14)13(2)26(25-12)20-10-8-17(22)15-5-3-4-6-16(15)20/h3-11H,1-2H3. The van der Waals surface area contributed by atoms with Crippen LogP contribution in [0.1, 0.15) is 11.4 Å². The molecule has 0 unspecified atom stereocenters. The molecule has 0 amide bonds. The van der Waals surface area contributed by atoms with Crippen molar-refractivity contribution in [1.82, 2.24) is 9.78 Å². The number of hydrogen-bond acceptors (Lipinski definition) is 1. The Balaban J connectivity index is 1.96. The van der Waals surface area contributed by atoms with Gasteiger partial charge in [-0.15, -0.1) is 0 Å². The monoisotopic (exact) mass is 444 g/mol. The molecule has 4 aromatic rings. The minimum absolute atomic E-state index is 0.546. The van der Waals surface area contributed by atoms with Gasteiger partial charge in [-0.3, -0.25) is 0 Å². The molecule has 3 aromatic carbocycles. The van der Waals surface area contributed by atoms with Gasteiger partial charge in [-0.2, -0.15) is 5.10 Å². The van der Waals surface area contributed by atoms with Crippen molar-refractivity contribution in [1.29, 1.82) is 0 Å². The number of halogens is 3. The highest BCUT2D eigenvalue weighted by molar-refractivity contribution is 9.10. The molecule has 26 heavy (non-hydrogen) atoms. The summed E-state index contributed by atoms with van der Waals surface area (Å²) < 4.78 is 3.07. The number of nitrogens with zero attached hydrogens (tertiary/aromatic N) is 2. The molecular weight excluding hydrogens is 431 g/mol. The van der Waals surface area contributed by atoms with Gasteiger partial charge in [-0.05, 0) is 49.1 Å². The predicted octanol–water partition coefficient (Wildman–Crippen LogP) is 7.38. The summed E-state index contributed by atoms with van der Waals surface area (Å²) in [6, 6.07) is 18.2. The Labute approximate surface area is 170 Å². The molecule has 0 aliphatic carbocycles. The fraction of sp³-hybridized carbons (Fsp3) is 0.0952. The molecule has 0 N–H and O–H groups in total. The molecule has 1 heterocycles. The second kappa shape index (κ2) is 6.73. The maximum atomic E-state index is 6.22. The predicted molar refractivity (Wildman–Crippen MR) is 114 cm³/mol. The van der Waals surface area contributed by atoms with Crippen LogP contribution in [0.3, 0.4) is 0 Å². The van der Waals surface area contributed by atoms with Crippen LogP contribution in [0, 0.1) is 13.8 Å². The molecule has 1 aromatic heterocycles. The summed E-state index contributed by atoms with van der Waals surface area (Å²) in [6.45, 7) is 4.09. The van der Waals surface area contributed by atoms with Crippen LogP contribution in [-0.4, -0.2) is 9.78 Å². The fourth-order valence-corrected chi connectivity index (χ4v) is 4.15. The lowest BCUT2D eigenvalue weighted by molar-refractivity contribution is 0.839. The smallest absolute Gasteiger partial charge is 0.0728 e. The summed E-state index contributed by atoms with van der Waals surface area (Å²) in [5.74, 6) is 0. The van der Waals surface area contributed by atoms with Gasteiger partial charge in [0.2, 0.25) is 0 Å². The molecule has 0 bridgehead atoms. The molecule has 4 rings (SSSR count). The molecule has 0 aliphatic rings. The van der Waals surface area contributed by atoms with Crippen LogP contribution in [0.5, 0.6) is 0 Å². The van der Waals surface area contributed by atoms with Crippen LogP contribution in [0.25, 0.3) is 27.6 Å². The fourth-order valence-electron chi connectivity index (χ4n) is 3.38. The molecule has 0 aliphatic heterocycles. The van der Waals surface area contributed by atoms with Gasteiger partial charge in [0.15, 0.2) is 0 Å². The van der Waals surface area contributed by atoms with Gasteiger partial charge >= 0.3 is 0 Å². The summed E-state index contributed by atoms with van der Waals surface area (Å²) in [5.41, 5.74) is 5.16. The van der Waals surface area contributed by atoms with Gasteiger partial charge in [0.25, 0.3) is 0 Å². The van der Waals surface area contributed by atoms with Crippen molar-refractivity contribution in [2.24, 2.45) is 0 Å². The minimum Gasteiger partial charge on any atom is -0.237 e. The Kier molecular flexibility index (Phi) is 4.55. The average molecular weight is 446 g/mol. The lowest BCUT2D eigenvalue weighted by atomic mass is 10.0. The molecule has 0 atom stereocenters. The molecule has 130 valence electrons. The number of aromatic nitrogens is 2. The van der Waals surface area contributed by atoms with E-state index < -0.39 is 0 Å². The molecule has 0 saturated carbocycles. The zero-order chi connectivity index (χ0) is 18.4. The van der Waals surface area contributed by atoms with Crippen LogP contribution >= 0.6 is 39.1 Å². The Morgan fingerprint density at radius 1 is 0.885 bits per heavy atom. The summed E-state index contributed by atoms with van der Waals surface area (Å²) in [4.78, 5) is 0. The van der Waals surface area contributed by atoms with Gasteiger partial charge < -0.3 is 0 Å². The Bertz CT molecular complexity index is 1150. The first-order chi connectivity index (χ1) is 12.5. The maximum Gasteiger partial charge on any atom is 0.0728 e. The topological polar surface area (TPSA) is 17.8 Å². The highest BCUT2D eigenvalue weighted by Gasteiger charge is 2.17. The van der Waals surface area contributed by atoms with E-state index in [0.29, 0.717) is 10.0 Å². The van der Waals surface area contributed by atoms with Crippen molar-refractivity contribution < 1.29 is 0 Å². The Morgan fingerprint density at radius 2 is 1.62 bits per heavy atom. The number of hydrogen-bond donors (Lipinski definition) is 0. The number of aryl methyl sites for hydroxylation is 1. The van der Waals surface area contributed by atoms with Crippen LogP contribution in [0.15, 0.2) is 59.1 Å². The minimum atomic E-state index is 0.546. The summed E-state index contributed by atoms with van der Waals surface area (Å²) in [7, 11) is 0. The molecule has 0 radical (unpaired) electrons. The number of fused-ring (bicyclic) bond motifs is 1. The largest absolute Gasteiger partial charge is 0.237 e. The Morgan fingerprint density at radius 3 is 2.35 bits per heavy atom. The van der Waals surface area contributed by atoms with E-state index in [0.717, 1.165) is 43.4 Å². The van der Waals surface area contributed by atoms with Gasteiger partial charge in [0, 0.05) is 21.1 Å². The van der Waals surface area contributed by atoms with Crippen LogP contribution in [0.4, 0.5) is 0 Å². The molecule has 0 saturated heterocycles. The van der Waals surface area contributed by atoms with E-state index in [9.17, 15) is 0 Å². The molecule has 2 nitrogen and oxygen atoms in total. The van der Waals surface area contributed by atoms with E-state index in [-0.39, 0.29) is 0 Å².